The van der Waals surface area contributed by atoms with Crippen LogP contribution >= 0.6 is 0 Å². The van der Waals surface area contributed by atoms with E-state index in [0.29, 0.717) is 0 Å². The van der Waals surface area contributed by atoms with Crippen LogP contribution in [0.3, 0.4) is 0 Å². The van der Waals surface area contributed by atoms with Crippen molar-refractivity contribution in [2.45, 2.75) is 24.9 Å². The highest BCUT2D eigenvalue weighted by Gasteiger charge is 2.45. The van der Waals surface area contributed by atoms with Crippen molar-refractivity contribution in [1.82, 2.24) is 10.2 Å². The second-order valence-electron chi connectivity index (χ2n) is 6.11. The fourth-order valence-corrected chi connectivity index (χ4v) is 2.94. The molecule has 1 saturated heterocycles. The van der Waals surface area contributed by atoms with Gasteiger partial charge in [0.2, 0.25) is 11.8 Å². The number of carbonyl (C=O) groups is 4. The number of fused-ring (bicyclic) bond motifs is 1. The number of ether oxygens (including phenoxy) is 1. The third-order valence-corrected chi connectivity index (χ3v) is 4.25. The monoisotopic (exact) mass is 331 g/mol. The minimum absolute atomic E-state index is 0.0619. The predicted octanol–water partition coefficient (Wildman–Crippen LogP) is -0.568. The molecule has 0 radical (unpaired) electrons. The van der Waals surface area contributed by atoms with Crippen LogP contribution in [0.15, 0.2) is 24.3 Å². The second-order valence-corrected chi connectivity index (χ2v) is 6.11. The molecular weight excluding hydrogens is 314 g/mol. The summed E-state index contributed by atoms with van der Waals surface area (Å²) in [5.41, 5.74) is 4.89. The zero-order chi connectivity index (χ0) is 17.5. The standard InChI is InChI=1S/C16H17N3O5/c1-9(13(21)18-16(6-12(17)20)7-24-8-16)19-14(22)10-4-2-3-5-11(10)15(19)23/h2-5,9H,6-8H2,1H3,(H2,17,20)(H,18,21). The molecule has 0 saturated carbocycles. The van der Waals surface area contributed by atoms with Crippen molar-refractivity contribution in [2.24, 2.45) is 5.73 Å². The number of nitrogens with zero attached hydrogens (tertiary/aromatic N) is 1. The van der Waals surface area contributed by atoms with E-state index in [2.05, 4.69) is 5.32 Å². The Balaban J connectivity index is 1.76. The van der Waals surface area contributed by atoms with E-state index in [-0.39, 0.29) is 30.8 Å². The van der Waals surface area contributed by atoms with Gasteiger partial charge in [-0.25, -0.2) is 0 Å². The zero-order valence-electron chi connectivity index (χ0n) is 13.1. The third-order valence-electron chi connectivity index (χ3n) is 4.25. The van der Waals surface area contributed by atoms with Gasteiger partial charge in [0.15, 0.2) is 0 Å². The molecule has 8 nitrogen and oxygen atoms in total. The van der Waals surface area contributed by atoms with Crippen LogP contribution in [0.5, 0.6) is 0 Å². The van der Waals surface area contributed by atoms with E-state index in [4.69, 9.17) is 10.5 Å². The molecule has 2 heterocycles. The molecule has 1 aromatic carbocycles. The van der Waals surface area contributed by atoms with E-state index in [1.54, 1.807) is 24.3 Å². The van der Waals surface area contributed by atoms with Crippen LogP contribution < -0.4 is 11.1 Å². The van der Waals surface area contributed by atoms with Crippen LogP contribution in [0.1, 0.15) is 34.1 Å². The van der Waals surface area contributed by atoms with Crippen molar-refractivity contribution in [2.75, 3.05) is 13.2 Å². The van der Waals surface area contributed by atoms with E-state index < -0.39 is 35.2 Å². The third kappa shape index (κ3) is 2.54. The van der Waals surface area contributed by atoms with Crippen molar-refractivity contribution < 1.29 is 23.9 Å². The van der Waals surface area contributed by atoms with E-state index in [0.717, 1.165) is 4.90 Å². The topological polar surface area (TPSA) is 119 Å². The number of nitrogens with one attached hydrogen (secondary N) is 1. The summed E-state index contributed by atoms with van der Waals surface area (Å²) in [5.74, 6) is -2.11. The summed E-state index contributed by atoms with van der Waals surface area (Å²) in [5, 5.41) is 2.69. The van der Waals surface area contributed by atoms with Gasteiger partial charge in [0.25, 0.3) is 11.8 Å². The summed E-state index contributed by atoms with van der Waals surface area (Å²) in [6, 6.07) is 5.41. The first kappa shape index (κ1) is 16.1. The highest BCUT2D eigenvalue weighted by Crippen LogP contribution is 2.26. The molecule has 126 valence electrons. The molecule has 0 spiro atoms. The van der Waals surface area contributed by atoms with Gasteiger partial charge in [0, 0.05) is 0 Å². The SMILES string of the molecule is CC(C(=O)NC1(CC(N)=O)COC1)N1C(=O)c2ccccc2C1=O. The van der Waals surface area contributed by atoms with Crippen molar-refractivity contribution in [3.8, 4) is 0 Å². The van der Waals surface area contributed by atoms with Crippen LogP contribution in [0, 0.1) is 0 Å². The lowest BCUT2D eigenvalue weighted by Gasteiger charge is -2.42. The molecule has 1 fully saturated rings. The lowest BCUT2D eigenvalue weighted by atomic mass is 9.92. The Labute approximate surface area is 137 Å². The van der Waals surface area contributed by atoms with Gasteiger partial charge < -0.3 is 15.8 Å². The van der Waals surface area contributed by atoms with Gasteiger partial charge in [-0.2, -0.15) is 0 Å². The van der Waals surface area contributed by atoms with Crippen LogP contribution in [-0.4, -0.2) is 53.3 Å². The van der Waals surface area contributed by atoms with Gasteiger partial charge in [0.05, 0.1) is 36.3 Å². The number of hydrogen-bond acceptors (Lipinski definition) is 5. The summed E-state index contributed by atoms with van der Waals surface area (Å²) >= 11 is 0. The maximum atomic E-state index is 12.5. The number of nitrogens with two attached hydrogens (primary N) is 1. The first-order valence-corrected chi connectivity index (χ1v) is 7.50. The van der Waals surface area contributed by atoms with Crippen molar-refractivity contribution in [3.63, 3.8) is 0 Å². The molecule has 0 bridgehead atoms. The minimum atomic E-state index is -1.01. The quantitative estimate of drug-likeness (QED) is 0.701. The smallest absolute Gasteiger partial charge is 0.262 e. The van der Waals surface area contributed by atoms with Crippen molar-refractivity contribution >= 4 is 23.6 Å². The minimum Gasteiger partial charge on any atom is -0.376 e. The normalized spacial score (nSPS) is 19.5. The van der Waals surface area contributed by atoms with E-state index >= 15 is 0 Å². The second kappa shape index (κ2) is 5.72. The summed E-state index contributed by atoms with van der Waals surface area (Å²) in [4.78, 5) is 49.4. The molecular formula is C16H17N3O5. The maximum absolute atomic E-state index is 12.5. The Bertz CT molecular complexity index is 706. The Morgan fingerprint density at radius 2 is 1.79 bits per heavy atom. The number of rotatable bonds is 5. The molecule has 0 aliphatic carbocycles. The highest BCUT2D eigenvalue weighted by molar-refractivity contribution is 6.22. The number of primary amides is 1. The number of amides is 4. The lowest BCUT2D eigenvalue weighted by Crippen LogP contribution is -2.66. The Hall–Kier alpha value is -2.74. The largest absolute Gasteiger partial charge is 0.376 e. The fraction of sp³-hybridized carbons (Fsp3) is 0.375. The summed E-state index contributed by atoms with van der Waals surface area (Å²) in [6.45, 7) is 1.79. The lowest BCUT2D eigenvalue weighted by molar-refractivity contribution is -0.140. The van der Waals surface area contributed by atoms with Gasteiger partial charge in [-0.05, 0) is 19.1 Å². The predicted molar refractivity (Wildman–Crippen MR) is 81.9 cm³/mol. The average molecular weight is 331 g/mol. The molecule has 1 aromatic rings. The number of imide groups is 1. The Morgan fingerprint density at radius 1 is 1.25 bits per heavy atom. The molecule has 8 heteroatoms. The van der Waals surface area contributed by atoms with Crippen molar-refractivity contribution in [1.29, 1.82) is 0 Å². The zero-order valence-corrected chi connectivity index (χ0v) is 13.1. The van der Waals surface area contributed by atoms with E-state index in [1.165, 1.54) is 6.92 Å². The van der Waals surface area contributed by atoms with Crippen LogP contribution in [-0.2, 0) is 14.3 Å². The summed E-state index contributed by atoms with van der Waals surface area (Å²) in [7, 11) is 0. The summed E-state index contributed by atoms with van der Waals surface area (Å²) < 4.78 is 5.07. The molecule has 1 atom stereocenters. The van der Waals surface area contributed by atoms with Crippen molar-refractivity contribution in [3.05, 3.63) is 35.4 Å². The van der Waals surface area contributed by atoms with Crippen LogP contribution in [0.4, 0.5) is 0 Å². The number of hydrogen-bond donors (Lipinski definition) is 2. The van der Waals surface area contributed by atoms with Gasteiger partial charge in [-0.3, -0.25) is 24.1 Å². The molecule has 3 rings (SSSR count). The van der Waals surface area contributed by atoms with Gasteiger partial charge in [-0.1, -0.05) is 12.1 Å². The maximum Gasteiger partial charge on any atom is 0.262 e. The summed E-state index contributed by atoms with van der Waals surface area (Å²) in [6.07, 6.45) is -0.0619. The van der Waals surface area contributed by atoms with Gasteiger partial charge in [0.1, 0.15) is 6.04 Å². The van der Waals surface area contributed by atoms with E-state index in [1.807, 2.05) is 0 Å². The molecule has 2 aliphatic rings. The number of benzene rings is 1. The Morgan fingerprint density at radius 3 is 2.21 bits per heavy atom. The molecule has 4 amide bonds. The van der Waals surface area contributed by atoms with E-state index in [9.17, 15) is 19.2 Å². The molecule has 1 unspecified atom stereocenters. The van der Waals surface area contributed by atoms with Gasteiger partial charge >= 0.3 is 0 Å². The molecule has 24 heavy (non-hydrogen) atoms. The molecule has 3 N–H and O–H groups in total. The van der Waals surface area contributed by atoms with Crippen LogP contribution in [0.2, 0.25) is 0 Å². The highest BCUT2D eigenvalue weighted by atomic mass is 16.5. The number of carbonyl (C=O) groups excluding carboxylic acids is 4. The fourth-order valence-electron chi connectivity index (χ4n) is 2.94. The average Bonchev–Trinajstić information content (AvgIpc) is 2.76. The molecule has 0 aromatic heterocycles. The molecule has 2 aliphatic heterocycles. The van der Waals surface area contributed by atoms with Crippen LogP contribution in [0.25, 0.3) is 0 Å². The van der Waals surface area contributed by atoms with Gasteiger partial charge in [-0.15, -0.1) is 0 Å². The Kier molecular flexibility index (Phi) is 3.84. The first-order valence-electron chi connectivity index (χ1n) is 7.50. The first-order chi connectivity index (χ1) is 11.3.